The molecule has 134 valence electrons. The summed E-state index contributed by atoms with van der Waals surface area (Å²) in [5, 5.41) is 8.15. The third-order valence-corrected chi connectivity index (χ3v) is 6.39. The molecule has 2 heterocycles. The predicted octanol–water partition coefficient (Wildman–Crippen LogP) is 2.42. The minimum atomic E-state index is -4.49. The third kappa shape index (κ3) is 3.04. The van der Waals surface area contributed by atoms with Gasteiger partial charge in [0.1, 0.15) is 0 Å². The number of alkyl halides is 3. The smallest absolute Gasteiger partial charge is 0.247 e. The van der Waals surface area contributed by atoms with Crippen molar-refractivity contribution in [2.75, 3.05) is 13.1 Å². The molecule has 1 saturated carbocycles. The van der Waals surface area contributed by atoms with Gasteiger partial charge in [0.25, 0.3) is 0 Å². The average Bonchev–Trinajstić information content (AvgIpc) is 3.24. The van der Waals surface area contributed by atoms with Crippen molar-refractivity contribution in [2.45, 2.75) is 35.9 Å². The zero-order valence-corrected chi connectivity index (χ0v) is 13.8. The molecule has 0 N–H and O–H groups in total. The lowest BCUT2D eigenvalue weighted by Gasteiger charge is -2.37. The Bertz CT molecular complexity index is 882. The number of benzene rings is 1. The number of halogens is 3. The zero-order chi connectivity index (χ0) is 17.8. The zero-order valence-electron chi connectivity index (χ0n) is 13.0. The number of hydrogen-bond acceptors (Lipinski definition) is 4. The van der Waals surface area contributed by atoms with Crippen LogP contribution in [0, 0.1) is 0 Å². The number of sulfonamides is 1. The Morgan fingerprint density at radius 2 is 1.72 bits per heavy atom. The summed E-state index contributed by atoms with van der Waals surface area (Å²) in [6.07, 6.45) is -0.420. The van der Waals surface area contributed by atoms with E-state index in [0.717, 1.165) is 42.8 Å². The van der Waals surface area contributed by atoms with Crippen molar-refractivity contribution in [3.8, 4) is 0 Å². The second kappa shape index (κ2) is 5.53. The van der Waals surface area contributed by atoms with Gasteiger partial charge in [0.15, 0.2) is 0 Å². The molecule has 1 aliphatic carbocycles. The fourth-order valence-electron chi connectivity index (χ4n) is 2.78. The topological polar surface area (TPSA) is 68.1 Å². The molecule has 2 fully saturated rings. The summed E-state index contributed by atoms with van der Waals surface area (Å²) < 4.78 is 65.6. The summed E-state index contributed by atoms with van der Waals surface area (Å²) in [5.74, 6) is 0.473. The van der Waals surface area contributed by atoms with Crippen LogP contribution in [0.1, 0.15) is 36.1 Å². The van der Waals surface area contributed by atoms with Crippen molar-refractivity contribution in [1.82, 2.24) is 19.3 Å². The summed E-state index contributed by atoms with van der Waals surface area (Å²) in [4.78, 5) is -0.142. The fraction of sp³-hybridized carbons (Fsp3) is 0.467. The second-order valence-corrected chi connectivity index (χ2v) is 8.33. The van der Waals surface area contributed by atoms with Crippen LogP contribution in [0.3, 0.4) is 0 Å². The maximum absolute atomic E-state index is 12.6. The fourth-order valence-corrected chi connectivity index (χ4v) is 4.30. The number of aromatic nitrogens is 3. The Labute approximate surface area is 142 Å². The average molecular weight is 372 g/mol. The number of rotatable bonds is 4. The summed E-state index contributed by atoms with van der Waals surface area (Å²) in [6, 6.07) is 3.45. The Balaban J connectivity index is 1.45. The molecule has 0 spiro atoms. The van der Waals surface area contributed by atoms with Crippen LogP contribution in [0.2, 0.25) is 0 Å². The molecule has 0 bridgehead atoms. The molecule has 4 rings (SSSR count). The summed E-state index contributed by atoms with van der Waals surface area (Å²) in [5.41, 5.74) is 0.0622. The van der Waals surface area contributed by atoms with Crippen LogP contribution in [-0.4, -0.2) is 40.8 Å². The van der Waals surface area contributed by atoms with Gasteiger partial charge in [0.05, 0.1) is 22.2 Å². The van der Waals surface area contributed by atoms with E-state index in [1.54, 1.807) is 4.68 Å². The SMILES string of the molecule is O=S(=O)(c1ccc(C(F)(F)F)cc1)N1CC(n2cc(C3CC3)nn2)C1. The first-order valence-corrected chi connectivity index (χ1v) is 9.28. The number of hydrogen-bond donors (Lipinski definition) is 0. The van der Waals surface area contributed by atoms with Gasteiger partial charge in [0, 0.05) is 25.2 Å². The minimum Gasteiger partial charge on any atom is -0.247 e. The van der Waals surface area contributed by atoms with Gasteiger partial charge in [-0.1, -0.05) is 5.21 Å². The highest BCUT2D eigenvalue weighted by atomic mass is 32.2. The van der Waals surface area contributed by atoms with Gasteiger partial charge in [0.2, 0.25) is 10.0 Å². The summed E-state index contributed by atoms with van der Waals surface area (Å²) >= 11 is 0. The summed E-state index contributed by atoms with van der Waals surface area (Å²) in [6.45, 7) is 0.466. The van der Waals surface area contributed by atoms with Crippen molar-refractivity contribution in [2.24, 2.45) is 0 Å². The quantitative estimate of drug-likeness (QED) is 0.827. The van der Waals surface area contributed by atoms with Crippen molar-refractivity contribution in [1.29, 1.82) is 0 Å². The first kappa shape index (κ1) is 16.5. The predicted molar refractivity (Wildman–Crippen MR) is 81.2 cm³/mol. The van der Waals surface area contributed by atoms with Crippen LogP contribution < -0.4 is 0 Å². The van der Waals surface area contributed by atoms with E-state index in [-0.39, 0.29) is 24.0 Å². The van der Waals surface area contributed by atoms with Crippen molar-refractivity contribution >= 4 is 10.0 Å². The largest absolute Gasteiger partial charge is 0.416 e. The van der Waals surface area contributed by atoms with Crippen molar-refractivity contribution < 1.29 is 21.6 Å². The van der Waals surface area contributed by atoms with Crippen molar-refractivity contribution in [3.63, 3.8) is 0 Å². The molecule has 2 aromatic rings. The lowest BCUT2D eigenvalue weighted by molar-refractivity contribution is -0.137. The van der Waals surface area contributed by atoms with E-state index >= 15 is 0 Å². The van der Waals surface area contributed by atoms with Crippen molar-refractivity contribution in [3.05, 3.63) is 41.7 Å². The van der Waals surface area contributed by atoms with E-state index in [2.05, 4.69) is 10.3 Å². The van der Waals surface area contributed by atoms with E-state index in [0.29, 0.717) is 5.92 Å². The molecular weight excluding hydrogens is 357 g/mol. The maximum Gasteiger partial charge on any atom is 0.416 e. The Morgan fingerprint density at radius 3 is 2.28 bits per heavy atom. The second-order valence-electron chi connectivity index (χ2n) is 6.40. The van der Waals surface area contributed by atoms with E-state index in [9.17, 15) is 21.6 Å². The van der Waals surface area contributed by atoms with E-state index in [1.807, 2.05) is 6.20 Å². The molecule has 0 unspecified atom stereocenters. The van der Waals surface area contributed by atoms with Crippen LogP contribution >= 0.6 is 0 Å². The lowest BCUT2D eigenvalue weighted by atomic mass is 10.2. The molecule has 2 aliphatic rings. The maximum atomic E-state index is 12.6. The van der Waals surface area contributed by atoms with E-state index in [1.165, 1.54) is 4.31 Å². The van der Waals surface area contributed by atoms with E-state index in [4.69, 9.17) is 0 Å². The van der Waals surface area contributed by atoms with Crippen LogP contribution in [-0.2, 0) is 16.2 Å². The third-order valence-electron chi connectivity index (χ3n) is 4.55. The molecule has 10 heteroatoms. The molecular formula is C15H15F3N4O2S. The van der Waals surface area contributed by atoms with Crippen LogP contribution in [0.4, 0.5) is 13.2 Å². The molecule has 1 aliphatic heterocycles. The standard InChI is InChI=1S/C15H15F3N4O2S/c16-15(17,18)11-3-5-13(6-4-11)25(23,24)21-7-12(8-21)22-9-14(19-20-22)10-1-2-10/h3-6,9-10,12H,1-2,7-8H2. The highest BCUT2D eigenvalue weighted by Gasteiger charge is 2.39. The lowest BCUT2D eigenvalue weighted by Crippen LogP contribution is -2.50. The van der Waals surface area contributed by atoms with Gasteiger partial charge in [-0.2, -0.15) is 17.5 Å². The molecule has 1 aromatic heterocycles. The van der Waals surface area contributed by atoms with Gasteiger partial charge in [-0.15, -0.1) is 5.10 Å². The molecule has 25 heavy (non-hydrogen) atoms. The van der Waals surface area contributed by atoms with Crippen LogP contribution in [0.15, 0.2) is 35.4 Å². The molecule has 0 radical (unpaired) electrons. The van der Waals surface area contributed by atoms with Gasteiger partial charge < -0.3 is 0 Å². The van der Waals surface area contributed by atoms with Gasteiger partial charge >= 0.3 is 6.18 Å². The van der Waals surface area contributed by atoms with Crippen LogP contribution in [0.25, 0.3) is 0 Å². The Hall–Kier alpha value is -1.94. The highest BCUT2D eigenvalue weighted by molar-refractivity contribution is 7.89. The van der Waals surface area contributed by atoms with E-state index < -0.39 is 21.8 Å². The normalized spacial score (nSPS) is 19.8. The first-order valence-electron chi connectivity index (χ1n) is 7.84. The first-order chi connectivity index (χ1) is 11.7. The molecule has 1 aromatic carbocycles. The van der Waals surface area contributed by atoms with Crippen LogP contribution in [0.5, 0.6) is 0 Å². The molecule has 0 amide bonds. The molecule has 6 nitrogen and oxygen atoms in total. The van der Waals surface area contributed by atoms with Gasteiger partial charge in [-0.3, -0.25) is 0 Å². The monoisotopic (exact) mass is 372 g/mol. The molecule has 1 saturated heterocycles. The Kier molecular flexibility index (Phi) is 3.66. The minimum absolute atomic E-state index is 0.0933. The van der Waals surface area contributed by atoms with Gasteiger partial charge in [-0.05, 0) is 37.1 Å². The highest BCUT2D eigenvalue weighted by Crippen LogP contribution is 2.39. The molecule has 0 atom stereocenters. The Morgan fingerprint density at radius 1 is 1.08 bits per heavy atom. The van der Waals surface area contributed by atoms with Gasteiger partial charge in [-0.25, -0.2) is 13.1 Å². The summed E-state index contributed by atoms with van der Waals surface area (Å²) in [7, 11) is -3.80. The number of nitrogens with zero attached hydrogens (tertiary/aromatic N) is 4.